The molecule has 35 heavy (non-hydrogen) atoms. The zero-order chi connectivity index (χ0) is 25.3. The van der Waals surface area contributed by atoms with E-state index in [1.165, 1.54) is 61.8 Å². The van der Waals surface area contributed by atoms with Gasteiger partial charge in [0.25, 0.3) is 0 Å². The lowest BCUT2D eigenvalue weighted by Gasteiger charge is -2.20. The van der Waals surface area contributed by atoms with Crippen molar-refractivity contribution in [2.24, 2.45) is 4.99 Å². The second-order valence-electron chi connectivity index (χ2n) is 7.95. The molecule has 0 aliphatic carbocycles. The van der Waals surface area contributed by atoms with E-state index in [4.69, 9.17) is 14.2 Å². The van der Waals surface area contributed by atoms with Gasteiger partial charge in [-0.2, -0.15) is 0 Å². The van der Waals surface area contributed by atoms with Crippen LogP contribution < -0.4 is 19.1 Å². The lowest BCUT2D eigenvalue weighted by Crippen LogP contribution is -2.36. The van der Waals surface area contributed by atoms with Crippen molar-refractivity contribution >= 4 is 33.7 Å². The predicted octanol–water partition coefficient (Wildman–Crippen LogP) is 4.60. The molecule has 2 aromatic carbocycles. The summed E-state index contributed by atoms with van der Waals surface area (Å²) >= 11 is 1.43. The van der Waals surface area contributed by atoms with Crippen molar-refractivity contribution in [2.45, 2.75) is 13.8 Å². The van der Waals surface area contributed by atoms with Gasteiger partial charge in [0.15, 0.2) is 17.3 Å². The molecule has 0 unspecified atom stereocenters. The van der Waals surface area contributed by atoms with Crippen LogP contribution in [0.25, 0.3) is 0 Å². The summed E-state index contributed by atoms with van der Waals surface area (Å²) in [6.45, 7) is 3.62. The number of amides is 1. The molecule has 9 heteroatoms. The normalized spacial score (nSPS) is 13.1. The number of anilines is 1. The van der Waals surface area contributed by atoms with Crippen molar-refractivity contribution in [3.05, 3.63) is 69.3 Å². The van der Waals surface area contributed by atoms with Gasteiger partial charge in [0.2, 0.25) is 11.7 Å². The number of thiophene rings is 1. The maximum absolute atomic E-state index is 13.3. The van der Waals surface area contributed by atoms with E-state index in [2.05, 4.69) is 4.99 Å². The molecule has 0 atom stereocenters. The Labute approximate surface area is 206 Å². The van der Waals surface area contributed by atoms with E-state index in [-0.39, 0.29) is 24.8 Å². The second-order valence-corrected chi connectivity index (χ2v) is 9.16. The number of aryl methyl sites for hydroxylation is 1. The number of Topliss-reactive ketones (excluding diaryl/α,β-unsaturated/α-hetero) is 1. The van der Waals surface area contributed by atoms with E-state index in [9.17, 15) is 14.0 Å². The minimum atomic E-state index is -0.428. The number of carbonyl (C=O) groups excluding carboxylic acids is 2. The van der Waals surface area contributed by atoms with Crippen LogP contribution in [0.2, 0.25) is 0 Å². The number of methoxy groups -OCH3 is 3. The van der Waals surface area contributed by atoms with Gasteiger partial charge in [-0.05, 0) is 55.8 Å². The molecule has 0 spiro atoms. The quantitative estimate of drug-likeness (QED) is 0.447. The average Bonchev–Trinajstić information content (AvgIpc) is 3.07. The number of hydrogen-bond acceptors (Lipinski definition) is 7. The number of benzene rings is 2. The third kappa shape index (κ3) is 4.51. The maximum Gasteiger partial charge on any atom is 0.249 e. The third-order valence-electron chi connectivity index (χ3n) is 5.93. The number of hydrogen-bond donors (Lipinski definition) is 0. The lowest BCUT2D eigenvalue weighted by molar-refractivity contribution is -0.117. The van der Waals surface area contributed by atoms with Crippen LogP contribution in [0.3, 0.4) is 0 Å². The number of nitrogens with zero attached hydrogens (tertiary/aromatic N) is 2. The Morgan fingerprint density at radius 3 is 2.26 bits per heavy atom. The summed E-state index contributed by atoms with van der Waals surface area (Å²) in [4.78, 5) is 33.3. The van der Waals surface area contributed by atoms with E-state index in [0.29, 0.717) is 39.1 Å². The highest BCUT2D eigenvalue weighted by Gasteiger charge is 2.32. The molecule has 0 radical (unpaired) electrons. The highest BCUT2D eigenvalue weighted by molar-refractivity contribution is 7.17. The molecule has 1 aliphatic heterocycles. The topological polar surface area (TPSA) is 77.4 Å². The molecule has 0 saturated carbocycles. The van der Waals surface area contributed by atoms with Crippen molar-refractivity contribution in [1.82, 2.24) is 0 Å². The van der Waals surface area contributed by atoms with Gasteiger partial charge in [-0.25, -0.2) is 4.39 Å². The Morgan fingerprint density at radius 1 is 1.06 bits per heavy atom. The molecule has 1 aromatic heterocycles. The SMILES string of the molecule is COc1cc(C2=NCC(=O)N(CC(=O)c3ccc(F)cc3)c3sc(C)c(C)c32)cc(OC)c1OC. The first kappa shape index (κ1) is 24.4. The number of aliphatic imine (C=N–C) groups is 1. The molecule has 0 bridgehead atoms. The van der Waals surface area contributed by atoms with Crippen molar-refractivity contribution in [3.8, 4) is 17.2 Å². The molecule has 1 amide bonds. The van der Waals surface area contributed by atoms with Crippen LogP contribution in [0.1, 0.15) is 31.9 Å². The van der Waals surface area contributed by atoms with Gasteiger partial charge in [-0.1, -0.05) is 0 Å². The molecule has 0 N–H and O–H groups in total. The molecular weight excluding hydrogens is 471 g/mol. The van der Waals surface area contributed by atoms with Gasteiger partial charge in [0.05, 0.1) is 33.6 Å². The first-order valence-corrected chi connectivity index (χ1v) is 11.6. The Morgan fingerprint density at radius 2 is 1.69 bits per heavy atom. The van der Waals surface area contributed by atoms with E-state index in [1.807, 2.05) is 13.8 Å². The first-order chi connectivity index (χ1) is 16.8. The highest BCUT2D eigenvalue weighted by atomic mass is 32.1. The summed E-state index contributed by atoms with van der Waals surface area (Å²) in [5, 5.41) is 0.644. The van der Waals surface area contributed by atoms with Crippen molar-refractivity contribution < 1.29 is 28.2 Å². The number of ketones is 1. The monoisotopic (exact) mass is 496 g/mol. The summed E-state index contributed by atoms with van der Waals surface area (Å²) in [7, 11) is 4.60. The summed E-state index contributed by atoms with van der Waals surface area (Å²) in [6.07, 6.45) is 0. The van der Waals surface area contributed by atoms with E-state index in [0.717, 1.165) is 16.0 Å². The fraction of sp³-hybridized carbons (Fsp3) is 0.269. The molecule has 7 nitrogen and oxygen atoms in total. The van der Waals surface area contributed by atoms with Gasteiger partial charge < -0.3 is 14.2 Å². The van der Waals surface area contributed by atoms with Gasteiger partial charge in [0, 0.05) is 21.6 Å². The minimum absolute atomic E-state index is 0.136. The summed E-state index contributed by atoms with van der Waals surface area (Å²) in [6, 6.07) is 8.88. The minimum Gasteiger partial charge on any atom is -0.493 e. The molecule has 2 heterocycles. The number of ether oxygens (including phenoxy) is 3. The summed E-state index contributed by atoms with van der Waals surface area (Å²) in [5.74, 6) is 0.371. The second kappa shape index (κ2) is 9.87. The van der Waals surface area contributed by atoms with Crippen LogP contribution >= 0.6 is 11.3 Å². The third-order valence-corrected chi connectivity index (χ3v) is 7.16. The molecule has 4 rings (SSSR count). The van der Waals surface area contributed by atoms with E-state index in [1.54, 1.807) is 12.1 Å². The van der Waals surface area contributed by atoms with Crippen molar-refractivity contribution in [2.75, 3.05) is 39.3 Å². The van der Waals surface area contributed by atoms with Crippen LogP contribution in [0.15, 0.2) is 41.4 Å². The van der Waals surface area contributed by atoms with Crippen LogP contribution in [0.5, 0.6) is 17.2 Å². The molecule has 0 fully saturated rings. The van der Waals surface area contributed by atoms with E-state index >= 15 is 0 Å². The zero-order valence-corrected chi connectivity index (χ0v) is 20.9. The molecule has 182 valence electrons. The fourth-order valence-electron chi connectivity index (χ4n) is 3.99. The molecular formula is C26H25FN2O5S. The average molecular weight is 497 g/mol. The molecule has 3 aromatic rings. The highest BCUT2D eigenvalue weighted by Crippen LogP contribution is 2.42. The van der Waals surface area contributed by atoms with Crippen molar-refractivity contribution in [1.29, 1.82) is 0 Å². The Balaban J connectivity index is 1.81. The fourth-order valence-corrected chi connectivity index (χ4v) is 5.16. The maximum atomic E-state index is 13.3. The molecule has 0 saturated heterocycles. The van der Waals surface area contributed by atoms with E-state index < -0.39 is 5.82 Å². The van der Waals surface area contributed by atoms with Crippen LogP contribution in [0, 0.1) is 19.7 Å². The standard InChI is InChI=1S/C26H25FN2O5S/c1-14-15(2)35-26-23(14)24(17-10-20(32-3)25(34-5)21(11-17)33-4)28-12-22(31)29(26)13-19(30)16-6-8-18(27)9-7-16/h6-11H,12-13H2,1-5H3. The van der Waals surface area contributed by atoms with Gasteiger partial charge in [-0.15, -0.1) is 11.3 Å². The number of carbonyl (C=O) groups is 2. The van der Waals surface area contributed by atoms with Gasteiger partial charge in [-0.3, -0.25) is 19.5 Å². The predicted molar refractivity (Wildman–Crippen MR) is 133 cm³/mol. The van der Waals surface area contributed by atoms with Crippen molar-refractivity contribution in [3.63, 3.8) is 0 Å². The lowest BCUT2D eigenvalue weighted by atomic mass is 9.99. The molecule has 1 aliphatic rings. The van der Waals surface area contributed by atoms with Gasteiger partial charge in [0.1, 0.15) is 17.4 Å². The number of rotatable bonds is 7. The van der Waals surface area contributed by atoms with Gasteiger partial charge >= 0.3 is 0 Å². The summed E-state index contributed by atoms with van der Waals surface area (Å²) < 4.78 is 29.8. The largest absolute Gasteiger partial charge is 0.493 e. The number of fused-ring (bicyclic) bond motifs is 1. The number of halogens is 1. The van der Waals surface area contributed by atoms with Crippen LogP contribution in [-0.2, 0) is 4.79 Å². The first-order valence-electron chi connectivity index (χ1n) is 10.8. The van der Waals surface area contributed by atoms with Crippen LogP contribution in [0.4, 0.5) is 9.39 Å². The van der Waals surface area contributed by atoms with Crippen LogP contribution in [-0.4, -0.2) is 51.8 Å². The Bertz CT molecular complexity index is 1310. The zero-order valence-electron chi connectivity index (χ0n) is 20.1. The summed E-state index contributed by atoms with van der Waals surface area (Å²) in [5.41, 5.74) is 3.37. The smallest absolute Gasteiger partial charge is 0.249 e. The Kier molecular flexibility index (Phi) is 6.88. The Hall–Kier alpha value is -3.72.